The molecule has 1 atom stereocenters. The maximum atomic E-state index is 9.87. The Balaban J connectivity index is 1.64. The molecule has 1 fully saturated rings. The summed E-state index contributed by atoms with van der Waals surface area (Å²) < 4.78 is 8.43. The maximum absolute atomic E-state index is 9.87. The second-order valence-electron chi connectivity index (χ2n) is 9.28. The first-order valence-corrected chi connectivity index (χ1v) is 11.8. The van der Waals surface area contributed by atoms with Gasteiger partial charge in [0.25, 0.3) is 0 Å². The van der Waals surface area contributed by atoms with Gasteiger partial charge in [-0.25, -0.2) is 0 Å². The summed E-state index contributed by atoms with van der Waals surface area (Å²) in [5.41, 5.74) is 3.86. The molecule has 0 aliphatic carbocycles. The van der Waals surface area contributed by atoms with Crippen LogP contribution in [-0.2, 0) is 13.1 Å². The summed E-state index contributed by atoms with van der Waals surface area (Å²) in [4.78, 5) is 2.46. The molecule has 166 valence electrons. The second kappa shape index (κ2) is 10.3. The summed E-state index contributed by atoms with van der Waals surface area (Å²) in [6, 6.07) is 17.4. The number of aliphatic hydroxyl groups is 1. The number of aliphatic hydroxyl groups excluding tert-OH is 1. The largest absolute Gasteiger partial charge is 0.494 e. The quantitative estimate of drug-likeness (QED) is 0.499. The number of aromatic nitrogens is 1. The fraction of sp³-hybridized carbons (Fsp3) is 0.481. The lowest BCUT2D eigenvalue weighted by atomic mass is 10.0. The normalized spacial score (nSPS) is 17.5. The van der Waals surface area contributed by atoms with Crippen molar-refractivity contribution < 1.29 is 9.84 Å². The number of fused-ring (bicyclic) bond motifs is 1. The van der Waals surface area contributed by atoms with Crippen LogP contribution >= 0.6 is 0 Å². The fourth-order valence-electron chi connectivity index (χ4n) is 4.58. The van der Waals surface area contributed by atoms with Gasteiger partial charge in [0.15, 0.2) is 0 Å². The van der Waals surface area contributed by atoms with Gasteiger partial charge in [-0.15, -0.1) is 0 Å². The molecule has 4 rings (SSSR count). The highest BCUT2D eigenvalue weighted by atomic mass is 16.5. The first-order chi connectivity index (χ1) is 15.1. The molecule has 4 nitrogen and oxygen atoms in total. The molecule has 1 unspecified atom stereocenters. The van der Waals surface area contributed by atoms with Crippen LogP contribution in [0.5, 0.6) is 5.75 Å². The Bertz CT molecular complexity index is 964. The summed E-state index contributed by atoms with van der Waals surface area (Å²) in [5, 5.41) is 11.1. The maximum Gasteiger partial charge on any atom is 0.120 e. The van der Waals surface area contributed by atoms with Gasteiger partial charge in [0.05, 0.1) is 13.2 Å². The van der Waals surface area contributed by atoms with Crippen molar-refractivity contribution in [2.45, 2.75) is 58.7 Å². The van der Waals surface area contributed by atoms with E-state index in [9.17, 15) is 5.11 Å². The van der Waals surface area contributed by atoms with Crippen LogP contribution in [0.3, 0.4) is 0 Å². The molecule has 1 aromatic heterocycles. The van der Waals surface area contributed by atoms with E-state index in [1.54, 1.807) is 0 Å². The third-order valence-electron chi connectivity index (χ3n) is 6.43. The average molecular weight is 421 g/mol. The molecule has 1 aliphatic rings. The van der Waals surface area contributed by atoms with E-state index in [4.69, 9.17) is 4.74 Å². The first kappa shape index (κ1) is 21.9. The SMILES string of the molecule is CC(C)CCOc1ccc2c(c1)c(CN1CCCCC1CO)cn2Cc1ccccc1. The van der Waals surface area contributed by atoms with E-state index < -0.39 is 0 Å². The van der Waals surface area contributed by atoms with Gasteiger partial charge < -0.3 is 14.4 Å². The minimum absolute atomic E-state index is 0.242. The number of rotatable bonds is 9. The number of likely N-dealkylation sites (tertiary alicyclic amines) is 1. The van der Waals surface area contributed by atoms with Crippen molar-refractivity contribution in [3.8, 4) is 5.75 Å². The van der Waals surface area contributed by atoms with Crippen LogP contribution < -0.4 is 4.74 Å². The molecule has 1 aliphatic heterocycles. The summed E-state index contributed by atoms with van der Waals surface area (Å²) in [7, 11) is 0. The molecule has 2 heterocycles. The van der Waals surface area contributed by atoms with Gasteiger partial charge in [-0.05, 0) is 61.1 Å². The van der Waals surface area contributed by atoms with Gasteiger partial charge in [0.1, 0.15) is 5.75 Å². The average Bonchev–Trinajstić information content (AvgIpc) is 3.11. The molecule has 1 saturated heterocycles. The molecule has 0 spiro atoms. The fourth-order valence-corrected chi connectivity index (χ4v) is 4.58. The molecular formula is C27H36N2O2. The molecule has 1 N–H and O–H groups in total. The van der Waals surface area contributed by atoms with Crippen LogP contribution in [0.15, 0.2) is 54.7 Å². The number of piperidine rings is 1. The lowest BCUT2D eigenvalue weighted by Gasteiger charge is -2.34. The van der Waals surface area contributed by atoms with E-state index in [2.05, 4.69) is 78.0 Å². The summed E-state index contributed by atoms with van der Waals surface area (Å²) >= 11 is 0. The molecule has 0 amide bonds. The Morgan fingerprint density at radius 3 is 2.68 bits per heavy atom. The van der Waals surface area contributed by atoms with Crippen LogP contribution in [0.4, 0.5) is 0 Å². The van der Waals surface area contributed by atoms with Crippen molar-refractivity contribution >= 4 is 10.9 Å². The number of ether oxygens (including phenoxy) is 1. The predicted octanol–water partition coefficient (Wildman–Crippen LogP) is 5.46. The number of hydrogen-bond donors (Lipinski definition) is 1. The van der Waals surface area contributed by atoms with E-state index in [1.165, 1.54) is 34.9 Å². The lowest BCUT2D eigenvalue weighted by molar-refractivity contribution is 0.0844. The minimum atomic E-state index is 0.242. The van der Waals surface area contributed by atoms with Gasteiger partial charge in [-0.3, -0.25) is 4.90 Å². The van der Waals surface area contributed by atoms with Gasteiger partial charge in [0.2, 0.25) is 0 Å². The van der Waals surface area contributed by atoms with Gasteiger partial charge >= 0.3 is 0 Å². The van der Waals surface area contributed by atoms with Crippen molar-refractivity contribution in [1.82, 2.24) is 9.47 Å². The number of benzene rings is 2. The van der Waals surface area contributed by atoms with Crippen molar-refractivity contribution in [2.75, 3.05) is 19.8 Å². The van der Waals surface area contributed by atoms with Crippen molar-refractivity contribution in [1.29, 1.82) is 0 Å². The van der Waals surface area contributed by atoms with Gasteiger partial charge in [0, 0.05) is 36.2 Å². The molecule has 0 saturated carbocycles. The predicted molar refractivity (Wildman–Crippen MR) is 128 cm³/mol. The third-order valence-corrected chi connectivity index (χ3v) is 6.43. The van der Waals surface area contributed by atoms with Crippen LogP contribution in [-0.4, -0.2) is 40.4 Å². The second-order valence-corrected chi connectivity index (χ2v) is 9.28. The van der Waals surface area contributed by atoms with Crippen molar-refractivity contribution in [3.63, 3.8) is 0 Å². The summed E-state index contributed by atoms with van der Waals surface area (Å²) in [6.45, 7) is 8.23. The van der Waals surface area contributed by atoms with Crippen molar-refractivity contribution in [2.24, 2.45) is 5.92 Å². The molecule has 0 radical (unpaired) electrons. The van der Waals surface area contributed by atoms with Gasteiger partial charge in [-0.1, -0.05) is 50.6 Å². The minimum Gasteiger partial charge on any atom is -0.494 e. The van der Waals surface area contributed by atoms with Crippen molar-refractivity contribution in [3.05, 3.63) is 65.9 Å². The smallest absolute Gasteiger partial charge is 0.120 e. The van der Waals surface area contributed by atoms with Gasteiger partial charge in [-0.2, -0.15) is 0 Å². The molecule has 3 aromatic rings. The van der Waals surface area contributed by atoms with Crippen LogP contribution in [0.25, 0.3) is 10.9 Å². The van der Waals surface area contributed by atoms with E-state index >= 15 is 0 Å². The highest BCUT2D eigenvalue weighted by Gasteiger charge is 2.23. The third kappa shape index (κ3) is 5.50. The molecular weight excluding hydrogens is 384 g/mol. The van der Waals surface area contributed by atoms with E-state index in [1.807, 2.05) is 0 Å². The summed E-state index contributed by atoms with van der Waals surface area (Å²) in [5.74, 6) is 1.59. The molecule has 2 aromatic carbocycles. The zero-order valence-corrected chi connectivity index (χ0v) is 19.0. The monoisotopic (exact) mass is 420 g/mol. The van der Waals surface area contributed by atoms with E-state index in [-0.39, 0.29) is 12.6 Å². The number of hydrogen-bond acceptors (Lipinski definition) is 3. The Labute approximate surface area is 186 Å². The highest BCUT2D eigenvalue weighted by molar-refractivity contribution is 5.85. The topological polar surface area (TPSA) is 37.6 Å². The van der Waals surface area contributed by atoms with E-state index in [0.717, 1.165) is 44.8 Å². The van der Waals surface area contributed by atoms with Crippen LogP contribution in [0.2, 0.25) is 0 Å². The standard InChI is InChI=1S/C27H36N2O2/c1-21(2)13-15-31-25-11-12-27-26(16-25)23(18-28-14-7-6-10-24(28)20-30)19-29(27)17-22-8-4-3-5-9-22/h3-5,8-9,11-12,16,19,21,24,30H,6-7,10,13-15,17-18,20H2,1-2H3. The zero-order valence-electron chi connectivity index (χ0n) is 19.0. The zero-order chi connectivity index (χ0) is 21.6. The Morgan fingerprint density at radius 2 is 1.90 bits per heavy atom. The Kier molecular flexibility index (Phi) is 7.31. The number of nitrogens with zero attached hydrogens (tertiary/aromatic N) is 2. The van der Waals surface area contributed by atoms with Crippen LogP contribution in [0, 0.1) is 5.92 Å². The molecule has 0 bridgehead atoms. The Morgan fingerprint density at radius 1 is 1.06 bits per heavy atom. The van der Waals surface area contributed by atoms with E-state index in [0.29, 0.717) is 5.92 Å². The molecule has 4 heteroatoms. The van der Waals surface area contributed by atoms with Crippen LogP contribution in [0.1, 0.15) is 50.7 Å². The first-order valence-electron chi connectivity index (χ1n) is 11.8. The lowest BCUT2D eigenvalue weighted by Crippen LogP contribution is -2.41. The molecule has 31 heavy (non-hydrogen) atoms. The Hall–Kier alpha value is -2.30. The highest BCUT2D eigenvalue weighted by Crippen LogP contribution is 2.30. The summed E-state index contributed by atoms with van der Waals surface area (Å²) in [6.07, 6.45) is 6.88.